The standard InChI is InChI=1S/C48H71N3O12S/c1-24(2)60-42-26(5)15-14-16-27(6)47(57)50-38-33(23-49-51-18-21-64-22-19-51)40(54)35-36(41(38)55)39(53)29(8)45-37(35)46(56)48(12,63-45)59-20-17-34(58-13)28(7)43(62-32(11)52)31(10)44(30(42)9)61-25(3)4/h17,20,23-28,30-31,34,42-44,53-55H,14-16,18-19,21-22H2,1-13H3,(H,50,57)/b20-17+,49-23+/t26-,27?,28-,30-,31-,34+,42-,43-,44+,48+/m1/s1. The summed E-state index contributed by atoms with van der Waals surface area (Å²) < 4.78 is 37.8. The van der Waals surface area contributed by atoms with Crippen LogP contribution in [-0.4, -0.2) is 118 Å². The molecule has 6 rings (SSSR count). The fourth-order valence-electron chi connectivity index (χ4n) is 9.34. The minimum absolute atomic E-state index is 0.0246. The number of ketones is 1. The number of fused-ring (bicyclic) bond motifs is 16. The molecule has 0 radical (unpaired) electrons. The molecule has 16 heteroatoms. The zero-order chi connectivity index (χ0) is 47.4. The lowest BCUT2D eigenvalue weighted by Gasteiger charge is -2.42. The highest BCUT2D eigenvalue weighted by Gasteiger charge is 2.50. The van der Waals surface area contributed by atoms with Gasteiger partial charge < -0.3 is 49.1 Å². The number of thioether (sulfide) groups is 1. The van der Waals surface area contributed by atoms with Gasteiger partial charge in [0.15, 0.2) is 5.75 Å². The summed E-state index contributed by atoms with van der Waals surface area (Å²) in [7, 11) is 1.53. The fraction of sp³-hybridized carbons (Fsp3) is 0.667. The first-order valence-electron chi connectivity index (χ1n) is 22.7. The molecule has 5 bridgehead atoms. The SMILES string of the molecule is CO[C@H]1/C=C/O[C@@]2(C)Oc3c(C)c(O)c4c(O)c(c(/C=N/N5CCSCC5)c(O)c4c3C2=O)NC(=O)C(C)CCC[C@@H](C)[C@@H](OC(C)C)[C@@H](C)[C@H](OC(C)C)[C@H](C)[C@H](OC(C)=O)[C@@H]1C. The molecule has 1 amide bonds. The molecule has 356 valence electrons. The molecule has 1 fully saturated rings. The lowest BCUT2D eigenvalue weighted by Crippen LogP contribution is -2.49. The number of ether oxygens (including phenoxy) is 6. The molecule has 2 aromatic rings. The van der Waals surface area contributed by atoms with Gasteiger partial charge in [-0.3, -0.25) is 19.4 Å². The molecule has 10 atom stereocenters. The van der Waals surface area contributed by atoms with Crippen molar-refractivity contribution in [3.8, 4) is 23.0 Å². The number of carbonyl (C=O) groups excluding carboxylic acids is 3. The summed E-state index contributed by atoms with van der Waals surface area (Å²) in [6.07, 6.45) is 3.76. The predicted molar refractivity (Wildman–Crippen MR) is 248 cm³/mol. The van der Waals surface area contributed by atoms with Crippen LogP contribution >= 0.6 is 11.8 Å². The maximum atomic E-state index is 14.6. The number of carbonyl (C=O) groups is 3. The quantitative estimate of drug-likeness (QED) is 0.0855. The molecule has 0 spiro atoms. The lowest BCUT2D eigenvalue weighted by atomic mass is 9.77. The predicted octanol–water partition coefficient (Wildman–Crippen LogP) is 8.31. The van der Waals surface area contributed by atoms with Crippen molar-refractivity contribution in [3.63, 3.8) is 0 Å². The Morgan fingerprint density at radius 3 is 2.16 bits per heavy atom. The number of benzene rings is 2. The number of amides is 1. The smallest absolute Gasteiger partial charge is 0.312 e. The number of hydrazone groups is 1. The van der Waals surface area contributed by atoms with Gasteiger partial charge in [-0.25, -0.2) is 0 Å². The molecule has 0 aliphatic carbocycles. The topological polar surface area (TPSA) is 195 Å². The van der Waals surface area contributed by atoms with E-state index in [1.807, 2.05) is 46.6 Å². The van der Waals surface area contributed by atoms with Gasteiger partial charge in [-0.1, -0.05) is 41.0 Å². The molecule has 0 aromatic heterocycles. The highest BCUT2D eigenvalue weighted by atomic mass is 32.2. The number of esters is 1. The third-order valence-electron chi connectivity index (χ3n) is 12.8. The number of phenolic OH excluding ortho intramolecular Hbond substituents is 3. The Morgan fingerprint density at radius 2 is 1.55 bits per heavy atom. The van der Waals surface area contributed by atoms with Crippen LogP contribution in [0, 0.1) is 36.5 Å². The average molecular weight is 914 g/mol. The molecule has 1 unspecified atom stereocenters. The van der Waals surface area contributed by atoms with E-state index >= 15 is 0 Å². The minimum atomic E-state index is -2.00. The molecule has 15 nitrogen and oxygen atoms in total. The molecule has 4 heterocycles. The van der Waals surface area contributed by atoms with Crippen LogP contribution in [0.25, 0.3) is 10.8 Å². The first kappa shape index (κ1) is 50.7. The van der Waals surface area contributed by atoms with Crippen LogP contribution in [0.5, 0.6) is 23.0 Å². The van der Waals surface area contributed by atoms with E-state index in [9.17, 15) is 29.7 Å². The van der Waals surface area contributed by atoms with Crippen LogP contribution in [0.3, 0.4) is 0 Å². The zero-order valence-corrected chi connectivity index (χ0v) is 40.7. The number of nitrogens with one attached hydrogen (secondary N) is 1. The second kappa shape index (κ2) is 21.4. The molecule has 0 saturated carbocycles. The third kappa shape index (κ3) is 10.9. The number of nitrogens with zero attached hydrogens (tertiary/aromatic N) is 2. The van der Waals surface area contributed by atoms with E-state index in [2.05, 4.69) is 24.3 Å². The van der Waals surface area contributed by atoms with Crippen molar-refractivity contribution >= 4 is 52.1 Å². The summed E-state index contributed by atoms with van der Waals surface area (Å²) >= 11 is 1.79. The summed E-state index contributed by atoms with van der Waals surface area (Å²) in [5.74, 6) is -4.96. The maximum Gasteiger partial charge on any atom is 0.312 e. The van der Waals surface area contributed by atoms with Crippen LogP contribution < -0.4 is 10.1 Å². The summed E-state index contributed by atoms with van der Waals surface area (Å²) in [4.78, 5) is 41.5. The van der Waals surface area contributed by atoms with E-state index in [4.69, 9.17) is 28.4 Å². The fourth-order valence-corrected chi connectivity index (χ4v) is 10.2. The van der Waals surface area contributed by atoms with Crippen LogP contribution in [0.15, 0.2) is 17.4 Å². The van der Waals surface area contributed by atoms with Crippen LogP contribution in [0.4, 0.5) is 5.69 Å². The molecule has 2 aromatic carbocycles. The number of hydrogen-bond acceptors (Lipinski definition) is 15. The molecular weight excluding hydrogens is 843 g/mol. The molecule has 64 heavy (non-hydrogen) atoms. The van der Waals surface area contributed by atoms with Crippen molar-refractivity contribution in [2.45, 2.75) is 145 Å². The van der Waals surface area contributed by atoms with E-state index in [1.165, 1.54) is 40.4 Å². The first-order valence-corrected chi connectivity index (χ1v) is 23.8. The second-order valence-electron chi connectivity index (χ2n) is 18.5. The van der Waals surface area contributed by atoms with Gasteiger partial charge in [0.25, 0.3) is 5.78 Å². The molecular formula is C48H71N3O12S. The van der Waals surface area contributed by atoms with Crippen molar-refractivity contribution in [2.75, 3.05) is 37.0 Å². The Kier molecular flexibility index (Phi) is 16.9. The highest BCUT2D eigenvalue weighted by Crippen LogP contribution is 2.55. The molecule has 1 saturated heterocycles. The van der Waals surface area contributed by atoms with Gasteiger partial charge in [0.1, 0.15) is 23.4 Å². The van der Waals surface area contributed by atoms with Crippen LogP contribution in [0.1, 0.15) is 117 Å². The monoisotopic (exact) mass is 913 g/mol. The van der Waals surface area contributed by atoms with Crippen LogP contribution in [-0.2, 0) is 33.3 Å². The molecule has 4 aliphatic heterocycles. The Hall–Kier alpha value is -4.25. The van der Waals surface area contributed by atoms with Gasteiger partial charge in [-0.15, -0.1) is 0 Å². The third-order valence-corrected chi connectivity index (χ3v) is 13.8. The average Bonchev–Trinajstić information content (AvgIpc) is 3.50. The van der Waals surface area contributed by atoms with Crippen molar-refractivity contribution < 1.29 is 58.1 Å². The van der Waals surface area contributed by atoms with Crippen molar-refractivity contribution in [3.05, 3.63) is 29.0 Å². The van der Waals surface area contributed by atoms with Crippen LogP contribution in [0.2, 0.25) is 0 Å². The normalized spacial score (nSPS) is 30.5. The second-order valence-corrected chi connectivity index (χ2v) is 19.7. The van der Waals surface area contributed by atoms with E-state index in [0.29, 0.717) is 32.4 Å². The number of methoxy groups -OCH3 is 1. The van der Waals surface area contributed by atoms with Gasteiger partial charge >= 0.3 is 11.8 Å². The van der Waals surface area contributed by atoms with E-state index in [0.717, 1.165) is 11.5 Å². The number of hydrogen-bond donors (Lipinski definition) is 4. The Morgan fingerprint density at radius 1 is 0.922 bits per heavy atom. The number of aromatic hydroxyl groups is 3. The summed E-state index contributed by atoms with van der Waals surface area (Å²) in [6, 6.07) is 0. The van der Waals surface area contributed by atoms with Gasteiger partial charge in [0, 0.05) is 80.2 Å². The van der Waals surface area contributed by atoms with Crippen molar-refractivity contribution in [2.24, 2.45) is 34.7 Å². The molecule has 4 N–H and O–H groups in total. The summed E-state index contributed by atoms with van der Waals surface area (Å²) in [5, 5.41) is 44.8. The largest absolute Gasteiger partial charge is 0.507 e. The van der Waals surface area contributed by atoms with E-state index in [-0.39, 0.29) is 75.0 Å². The van der Waals surface area contributed by atoms with Gasteiger partial charge in [0.2, 0.25) is 5.91 Å². The highest BCUT2D eigenvalue weighted by molar-refractivity contribution is 7.99. The van der Waals surface area contributed by atoms with Gasteiger partial charge in [-0.05, 0) is 59.5 Å². The van der Waals surface area contributed by atoms with Crippen molar-refractivity contribution in [1.29, 1.82) is 0 Å². The number of Topliss-reactive ketones (excluding diaryl/α,β-unsaturated/α-hetero) is 1. The minimum Gasteiger partial charge on any atom is -0.507 e. The van der Waals surface area contributed by atoms with Gasteiger partial charge in [0.05, 0.1) is 65.2 Å². The van der Waals surface area contributed by atoms with Crippen molar-refractivity contribution in [1.82, 2.24) is 5.01 Å². The number of anilines is 1. The Bertz CT molecular complexity index is 2070. The Labute approximate surface area is 382 Å². The van der Waals surface area contributed by atoms with E-state index in [1.54, 1.807) is 24.8 Å². The zero-order valence-electron chi connectivity index (χ0n) is 39.9. The number of rotatable bonds is 8. The van der Waals surface area contributed by atoms with E-state index < -0.39 is 70.8 Å². The summed E-state index contributed by atoms with van der Waals surface area (Å²) in [6.45, 7) is 23.5. The lowest BCUT2D eigenvalue weighted by molar-refractivity contribution is -0.172. The molecule has 4 aliphatic rings. The van der Waals surface area contributed by atoms with Gasteiger partial charge in [-0.2, -0.15) is 16.9 Å². The first-order chi connectivity index (χ1) is 30.1. The Balaban J connectivity index is 1.68. The number of phenols is 3. The maximum absolute atomic E-state index is 14.6. The summed E-state index contributed by atoms with van der Waals surface area (Å²) in [5.41, 5.74) is -0.223.